The fraction of sp³-hybridized carbons (Fsp3) is 0.500. The highest BCUT2D eigenvalue weighted by molar-refractivity contribution is 7.99. The summed E-state index contributed by atoms with van der Waals surface area (Å²) in [7, 11) is 0. The molecule has 2 aliphatic rings. The summed E-state index contributed by atoms with van der Waals surface area (Å²) < 4.78 is 0. The molecule has 21 heavy (non-hydrogen) atoms. The van der Waals surface area contributed by atoms with Crippen molar-refractivity contribution in [3.05, 3.63) is 30.3 Å². The average molecular weight is 304 g/mol. The number of benzene rings is 1. The molecule has 0 saturated carbocycles. The molecule has 0 aliphatic carbocycles. The van der Waals surface area contributed by atoms with Gasteiger partial charge in [0.15, 0.2) is 0 Å². The molecule has 2 fully saturated rings. The largest absolute Gasteiger partial charge is 0.304 e. The molecule has 2 heterocycles. The smallest absolute Gasteiger partial charge is 0.251 e. The van der Waals surface area contributed by atoms with E-state index >= 15 is 0 Å². The van der Waals surface area contributed by atoms with Gasteiger partial charge in [-0.2, -0.15) is 11.8 Å². The lowest BCUT2D eigenvalue weighted by molar-refractivity contribution is -0.121. The molecule has 0 radical (unpaired) electrons. The van der Waals surface area contributed by atoms with Gasteiger partial charge in [0.2, 0.25) is 5.91 Å². The predicted molar refractivity (Wildman–Crippen MR) is 85.4 cm³/mol. The van der Waals surface area contributed by atoms with Crippen molar-refractivity contribution in [3.63, 3.8) is 0 Å². The second kappa shape index (κ2) is 6.62. The van der Waals surface area contributed by atoms with Gasteiger partial charge in [-0.05, 0) is 30.7 Å². The molecule has 5 heteroatoms. The Morgan fingerprint density at radius 1 is 1.19 bits per heavy atom. The molecule has 0 bridgehead atoms. The molecule has 2 atom stereocenters. The summed E-state index contributed by atoms with van der Waals surface area (Å²) in [6, 6.07) is 8.81. The van der Waals surface area contributed by atoms with Crippen LogP contribution in [0.15, 0.2) is 30.3 Å². The standard InChI is InChI=1S/C16H20N2O2S/c19-15-10-14(17-11-13-8-4-5-9-21-13)16(20)18(15)12-6-2-1-3-7-12/h1-3,6-7,13-14,17H,4-5,8-11H2. The lowest BCUT2D eigenvalue weighted by Gasteiger charge is -2.23. The van der Waals surface area contributed by atoms with Crippen LogP contribution in [0.25, 0.3) is 0 Å². The number of anilines is 1. The first-order valence-corrected chi connectivity index (χ1v) is 8.57. The number of amides is 2. The van der Waals surface area contributed by atoms with E-state index in [1.807, 2.05) is 30.0 Å². The Labute approximate surface area is 129 Å². The third-order valence-electron chi connectivity index (χ3n) is 4.03. The number of carbonyl (C=O) groups excluding carboxylic acids is 2. The number of imide groups is 1. The van der Waals surface area contributed by atoms with Crippen LogP contribution in [0.3, 0.4) is 0 Å². The average Bonchev–Trinajstić information content (AvgIpc) is 2.81. The lowest BCUT2D eigenvalue weighted by Crippen LogP contribution is -2.41. The zero-order valence-corrected chi connectivity index (χ0v) is 12.8. The van der Waals surface area contributed by atoms with Crippen LogP contribution in [-0.2, 0) is 9.59 Å². The summed E-state index contributed by atoms with van der Waals surface area (Å²) in [6.45, 7) is 0.816. The maximum Gasteiger partial charge on any atom is 0.251 e. The van der Waals surface area contributed by atoms with E-state index in [1.54, 1.807) is 12.1 Å². The van der Waals surface area contributed by atoms with E-state index in [0.29, 0.717) is 10.9 Å². The molecule has 1 N–H and O–H groups in total. The van der Waals surface area contributed by atoms with Gasteiger partial charge in [-0.3, -0.25) is 9.59 Å². The molecular formula is C16H20N2O2S. The van der Waals surface area contributed by atoms with Crippen LogP contribution in [0.1, 0.15) is 25.7 Å². The number of thioether (sulfide) groups is 1. The second-order valence-corrected chi connectivity index (χ2v) is 6.96. The normalized spacial score (nSPS) is 26.4. The summed E-state index contributed by atoms with van der Waals surface area (Å²) in [4.78, 5) is 25.8. The highest BCUT2D eigenvalue weighted by Crippen LogP contribution is 2.26. The Kier molecular flexibility index (Phi) is 4.60. The van der Waals surface area contributed by atoms with Gasteiger partial charge in [-0.15, -0.1) is 0 Å². The van der Waals surface area contributed by atoms with E-state index in [2.05, 4.69) is 5.32 Å². The minimum Gasteiger partial charge on any atom is -0.304 e. The molecule has 2 unspecified atom stereocenters. The number of hydrogen-bond acceptors (Lipinski definition) is 4. The minimum atomic E-state index is -0.361. The molecule has 112 valence electrons. The molecule has 1 aromatic rings. The van der Waals surface area contributed by atoms with Crippen molar-refractivity contribution in [2.75, 3.05) is 17.2 Å². The number of nitrogens with zero attached hydrogens (tertiary/aromatic N) is 1. The van der Waals surface area contributed by atoms with Crippen LogP contribution >= 0.6 is 11.8 Å². The van der Waals surface area contributed by atoms with Crippen LogP contribution in [0.2, 0.25) is 0 Å². The van der Waals surface area contributed by atoms with Crippen molar-refractivity contribution >= 4 is 29.3 Å². The lowest BCUT2D eigenvalue weighted by atomic mass is 10.1. The molecule has 2 aliphatic heterocycles. The van der Waals surface area contributed by atoms with E-state index in [9.17, 15) is 9.59 Å². The summed E-state index contributed by atoms with van der Waals surface area (Å²) in [6.07, 6.45) is 4.04. The summed E-state index contributed by atoms with van der Waals surface area (Å²) in [5.41, 5.74) is 0.670. The van der Waals surface area contributed by atoms with E-state index in [0.717, 1.165) is 6.54 Å². The monoisotopic (exact) mass is 304 g/mol. The van der Waals surface area contributed by atoms with Gasteiger partial charge >= 0.3 is 0 Å². The van der Waals surface area contributed by atoms with Crippen LogP contribution < -0.4 is 10.2 Å². The van der Waals surface area contributed by atoms with Crippen molar-refractivity contribution < 1.29 is 9.59 Å². The van der Waals surface area contributed by atoms with Gasteiger partial charge in [0.25, 0.3) is 5.91 Å². The van der Waals surface area contributed by atoms with Crippen molar-refractivity contribution in [2.45, 2.75) is 37.0 Å². The van der Waals surface area contributed by atoms with Crippen molar-refractivity contribution in [1.29, 1.82) is 0 Å². The molecule has 1 aromatic carbocycles. The zero-order chi connectivity index (χ0) is 14.7. The van der Waals surface area contributed by atoms with E-state index < -0.39 is 0 Å². The van der Waals surface area contributed by atoms with E-state index in [4.69, 9.17) is 0 Å². The maximum atomic E-state index is 12.4. The minimum absolute atomic E-state index is 0.111. The van der Waals surface area contributed by atoms with Gasteiger partial charge in [-0.1, -0.05) is 24.6 Å². The molecule has 0 spiro atoms. The highest BCUT2D eigenvalue weighted by Gasteiger charge is 2.39. The first-order valence-electron chi connectivity index (χ1n) is 7.52. The molecule has 2 saturated heterocycles. The number of rotatable bonds is 4. The quantitative estimate of drug-likeness (QED) is 0.866. The SMILES string of the molecule is O=C1CC(NCC2CCCCS2)C(=O)N1c1ccccc1. The topological polar surface area (TPSA) is 49.4 Å². The summed E-state index contributed by atoms with van der Waals surface area (Å²) in [5, 5.41) is 3.87. The van der Waals surface area contributed by atoms with Gasteiger partial charge in [0.05, 0.1) is 18.2 Å². The maximum absolute atomic E-state index is 12.4. The Morgan fingerprint density at radius 2 is 2.00 bits per heavy atom. The number of nitrogens with one attached hydrogen (secondary N) is 1. The highest BCUT2D eigenvalue weighted by atomic mass is 32.2. The number of para-hydroxylation sites is 1. The molecule has 2 amide bonds. The van der Waals surface area contributed by atoms with Crippen LogP contribution in [0.5, 0.6) is 0 Å². The van der Waals surface area contributed by atoms with Gasteiger partial charge in [0.1, 0.15) is 0 Å². The van der Waals surface area contributed by atoms with Gasteiger partial charge in [-0.25, -0.2) is 4.90 Å². The van der Waals surface area contributed by atoms with Crippen LogP contribution in [-0.4, -0.2) is 35.4 Å². The third-order valence-corrected chi connectivity index (χ3v) is 5.43. The second-order valence-electron chi connectivity index (χ2n) is 5.56. The number of carbonyl (C=O) groups is 2. The zero-order valence-electron chi connectivity index (χ0n) is 12.0. The first kappa shape index (κ1) is 14.6. The third kappa shape index (κ3) is 3.30. The number of hydrogen-bond donors (Lipinski definition) is 1. The molecule has 3 rings (SSSR count). The summed E-state index contributed by atoms with van der Waals surface area (Å²) in [5.74, 6) is 0.979. The van der Waals surface area contributed by atoms with Crippen molar-refractivity contribution in [2.24, 2.45) is 0 Å². The Balaban J connectivity index is 1.61. The summed E-state index contributed by atoms with van der Waals surface area (Å²) >= 11 is 1.97. The fourth-order valence-corrected chi connectivity index (χ4v) is 4.13. The molecular weight excluding hydrogens is 284 g/mol. The first-order chi connectivity index (χ1) is 10.3. The predicted octanol–water partition coefficient (Wildman–Crippen LogP) is 2.19. The van der Waals surface area contributed by atoms with Crippen LogP contribution in [0.4, 0.5) is 5.69 Å². The fourth-order valence-electron chi connectivity index (χ4n) is 2.88. The Bertz CT molecular complexity index is 514. The van der Waals surface area contributed by atoms with Gasteiger partial charge in [0, 0.05) is 11.8 Å². The Hall–Kier alpha value is -1.33. The molecule has 0 aromatic heterocycles. The van der Waals surface area contributed by atoms with E-state index in [1.165, 1.54) is 29.9 Å². The molecule has 4 nitrogen and oxygen atoms in total. The van der Waals surface area contributed by atoms with Crippen molar-refractivity contribution in [1.82, 2.24) is 5.32 Å². The van der Waals surface area contributed by atoms with E-state index in [-0.39, 0.29) is 24.3 Å². The Morgan fingerprint density at radius 3 is 2.71 bits per heavy atom. The van der Waals surface area contributed by atoms with Gasteiger partial charge < -0.3 is 5.32 Å². The van der Waals surface area contributed by atoms with Crippen molar-refractivity contribution in [3.8, 4) is 0 Å². The van der Waals surface area contributed by atoms with Crippen LogP contribution in [0, 0.1) is 0 Å².